The van der Waals surface area contributed by atoms with Crippen LogP contribution in [0.15, 0.2) is 24.3 Å². The molecule has 20 heavy (non-hydrogen) atoms. The highest BCUT2D eigenvalue weighted by Crippen LogP contribution is 2.37. The monoisotopic (exact) mass is 280 g/mol. The molecule has 0 bridgehead atoms. The topological polar surface area (TPSA) is 89.9 Å². The van der Waals surface area contributed by atoms with Crippen LogP contribution in [-0.2, 0) is 0 Å². The molecule has 2 aliphatic heterocycles. The molecule has 7 heteroatoms. The zero-order valence-electron chi connectivity index (χ0n) is 10.4. The zero-order chi connectivity index (χ0) is 14.5. The third kappa shape index (κ3) is 1.67. The summed E-state index contributed by atoms with van der Waals surface area (Å²) in [5.74, 6) is -4.11. The van der Waals surface area contributed by atoms with E-state index in [1.807, 2.05) is 0 Å². The van der Waals surface area contributed by atoms with Gasteiger partial charge in [0.2, 0.25) is 5.79 Å². The number of nitrogens with one attached hydrogen (secondary N) is 1. The molecule has 3 N–H and O–H groups in total. The second-order valence-corrected chi connectivity index (χ2v) is 4.93. The third-order valence-corrected chi connectivity index (χ3v) is 3.70. The Kier molecular flexibility index (Phi) is 2.86. The lowest BCUT2D eigenvalue weighted by Gasteiger charge is -2.41. The first-order valence-electron chi connectivity index (χ1n) is 6.24. The first-order valence-corrected chi connectivity index (χ1v) is 6.24. The fraction of sp³-hybridized carbons (Fsp3) is 0.385. The number of amides is 2. The number of carbonyl (C=O) groups is 2. The Morgan fingerprint density at radius 2 is 1.75 bits per heavy atom. The van der Waals surface area contributed by atoms with Crippen LogP contribution in [0.2, 0.25) is 0 Å². The van der Waals surface area contributed by atoms with Crippen molar-refractivity contribution in [3.8, 4) is 0 Å². The number of nitrogens with zero attached hydrogens (tertiary/aromatic N) is 1. The number of halogens is 1. The van der Waals surface area contributed by atoms with Crippen molar-refractivity contribution in [1.29, 1.82) is 0 Å². The largest absolute Gasteiger partial charge is 0.379 e. The Morgan fingerprint density at radius 3 is 2.25 bits per heavy atom. The summed E-state index contributed by atoms with van der Waals surface area (Å²) in [6, 6.07) is 6.04. The molecule has 2 aliphatic rings. The highest BCUT2D eigenvalue weighted by atomic mass is 19.1. The van der Waals surface area contributed by atoms with Crippen molar-refractivity contribution in [3.05, 3.63) is 35.4 Å². The summed E-state index contributed by atoms with van der Waals surface area (Å²) in [6.45, 7) is 0. The first kappa shape index (κ1) is 13.2. The Hall–Kier alpha value is -1.83. The van der Waals surface area contributed by atoms with Crippen molar-refractivity contribution in [2.24, 2.45) is 0 Å². The van der Waals surface area contributed by atoms with Crippen LogP contribution >= 0.6 is 0 Å². The Morgan fingerprint density at radius 1 is 1.20 bits per heavy atom. The van der Waals surface area contributed by atoms with Gasteiger partial charge < -0.3 is 10.2 Å². The highest BCUT2D eigenvalue weighted by Gasteiger charge is 2.55. The highest BCUT2D eigenvalue weighted by molar-refractivity contribution is 6.21. The molecule has 0 radical (unpaired) electrons. The van der Waals surface area contributed by atoms with Gasteiger partial charge in [0.15, 0.2) is 6.23 Å². The van der Waals surface area contributed by atoms with E-state index < -0.39 is 30.1 Å². The number of hydrogen-bond acceptors (Lipinski definition) is 5. The van der Waals surface area contributed by atoms with Gasteiger partial charge in [0.25, 0.3) is 11.8 Å². The maximum absolute atomic E-state index is 15.0. The van der Waals surface area contributed by atoms with E-state index in [2.05, 4.69) is 5.32 Å². The number of imide groups is 1. The van der Waals surface area contributed by atoms with Gasteiger partial charge in [-0.05, 0) is 18.6 Å². The molecule has 0 saturated carbocycles. The van der Waals surface area contributed by atoms with Gasteiger partial charge in [0.05, 0.1) is 11.1 Å². The number of benzene rings is 1. The van der Waals surface area contributed by atoms with E-state index in [4.69, 9.17) is 0 Å². The molecule has 3 unspecified atom stereocenters. The Bertz CT molecular complexity index is 558. The van der Waals surface area contributed by atoms with E-state index >= 15 is 0 Å². The fourth-order valence-corrected chi connectivity index (χ4v) is 2.63. The predicted molar refractivity (Wildman–Crippen MR) is 65.2 cm³/mol. The van der Waals surface area contributed by atoms with E-state index in [-0.39, 0.29) is 24.0 Å². The standard InChI is InChI=1S/C13H13FN2O4/c14-13(6-5-9(17)15-12(13)20)16-10(18)7-3-1-2-4-8(7)11(16)19/h1-4,9,12,15,17,20H,5-6H2. The number of fused-ring (bicyclic) bond motifs is 1. The molecule has 0 aromatic heterocycles. The molecule has 6 nitrogen and oxygen atoms in total. The van der Waals surface area contributed by atoms with Crippen molar-refractivity contribution in [2.75, 3.05) is 0 Å². The number of alkyl halides is 1. The van der Waals surface area contributed by atoms with Gasteiger partial charge >= 0.3 is 0 Å². The minimum atomic E-state index is -2.56. The number of piperidine rings is 1. The van der Waals surface area contributed by atoms with E-state index in [9.17, 15) is 24.2 Å². The van der Waals surface area contributed by atoms with E-state index in [0.717, 1.165) is 0 Å². The number of rotatable bonds is 1. The van der Waals surface area contributed by atoms with Crippen LogP contribution in [0.1, 0.15) is 33.6 Å². The summed E-state index contributed by atoms with van der Waals surface area (Å²) < 4.78 is 15.0. The maximum Gasteiger partial charge on any atom is 0.264 e. The Balaban J connectivity index is 2.00. The summed E-state index contributed by atoms with van der Waals surface area (Å²) in [4.78, 5) is 24.9. The predicted octanol–water partition coefficient (Wildman–Crippen LogP) is -0.0314. The average Bonchev–Trinajstić information content (AvgIpc) is 2.68. The fourth-order valence-electron chi connectivity index (χ4n) is 2.63. The smallest absolute Gasteiger partial charge is 0.264 e. The molecule has 1 fully saturated rings. The number of carbonyl (C=O) groups excluding carboxylic acids is 2. The number of aliphatic hydroxyl groups excluding tert-OH is 2. The molecule has 2 heterocycles. The van der Waals surface area contributed by atoms with Gasteiger partial charge in [-0.3, -0.25) is 14.9 Å². The third-order valence-electron chi connectivity index (χ3n) is 3.70. The number of hydrogen-bond donors (Lipinski definition) is 3. The molecule has 0 spiro atoms. The zero-order valence-corrected chi connectivity index (χ0v) is 10.4. The van der Waals surface area contributed by atoms with Crippen LogP contribution < -0.4 is 5.32 Å². The van der Waals surface area contributed by atoms with Crippen LogP contribution in [0.4, 0.5) is 4.39 Å². The molecular formula is C13H13FN2O4. The lowest BCUT2D eigenvalue weighted by atomic mass is 9.99. The molecule has 3 atom stereocenters. The average molecular weight is 280 g/mol. The molecule has 1 aromatic rings. The molecule has 2 amide bonds. The van der Waals surface area contributed by atoms with Gasteiger partial charge in [-0.1, -0.05) is 12.1 Å². The van der Waals surface area contributed by atoms with Crippen LogP contribution in [0.25, 0.3) is 0 Å². The van der Waals surface area contributed by atoms with Gasteiger partial charge in [-0.2, -0.15) is 0 Å². The minimum Gasteiger partial charge on any atom is -0.379 e. The number of aliphatic hydroxyl groups is 2. The second-order valence-electron chi connectivity index (χ2n) is 4.93. The molecular weight excluding hydrogens is 267 g/mol. The van der Waals surface area contributed by atoms with Crippen molar-refractivity contribution < 1.29 is 24.2 Å². The maximum atomic E-state index is 15.0. The molecule has 1 saturated heterocycles. The summed E-state index contributed by atoms with van der Waals surface area (Å²) >= 11 is 0. The summed E-state index contributed by atoms with van der Waals surface area (Å²) in [6.07, 6.45) is -3.23. The van der Waals surface area contributed by atoms with Gasteiger partial charge in [-0.15, -0.1) is 0 Å². The van der Waals surface area contributed by atoms with Gasteiger partial charge in [0.1, 0.15) is 6.23 Å². The van der Waals surface area contributed by atoms with Crippen LogP contribution in [0, 0.1) is 0 Å². The molecule has 106 valence electrons. The van der Waals surface area contributed by atoms with Crippen molar-refractivity contribution in [3.63, 3.8) is 0 Å². The van der Waals surface area contributed by atoms with Crippen molar-refractivity contribution in [2.45, 2.75) is 31.1 Å². The summed E-state index contributed by atoms with van der Waals surface area (Å²) in [5.41, 5.74) is 0.237. The van der Waals surface area contributed by atoms with Crippen molar-refractivity contribution >= 4 is 11.8 Å². The van der Waals surface area contributed by atoms with Crippen molar-refractivity contribution in [1.82, 2.24) is 10.2 Å². The lowest BCUT2D eigenvalue weighted by Crippen LogP contribution is -2.65. The second kappa shape index (κ2) is 4.34. The lowest BCUT2D eigenvalue weighted by molar-refractivity contribution is -0.151. The SMILES string of the molecule is O=C1c2ccccc2C(=O)N1C1(F)CCC(O)NC1O. The summed E-state index contributed by atoms with van der Waals surface area (Å²) in [5, 5.41) is 21.3. The summed E-state index contributed by atoms with van der Waals surface area (Å²) in [7, 11) is 0. The molecule has 1 aromatic carbocycles. The normalized spacial score (nSPS) is 33.5. The van der Waals surface area contributed by atoms with Crippen LogP contribution in [0.5, 0.6) is 0 Å². The molecule has 0 aliphatic carbocycles. The molecule has 3 rings (SSSR count). The van der Waals surface area contributed by atoms with Crippen LogP contribution in [0.3, 0.4) is 0 Å². The quantitative estimate of drug-likeness (QED) is 0.496. The van der Waals surface area contributed by atoms with Crippen LogP contribution in [-0.4, -0.2) is 45.2 Å². The Labute approximate surface area is 113 Å². The first-order chi connectivity index (χ1) is 9.45. The van der Waals surface area contributed by atoms with E-state index in [0.29, 0.717) is 4.90 Å². The van der Waals surface area contributed by atoms with Gasteiger partial charge in [0, 0.05) is 6.42 Å². The van der Waals surface area contributed by atoms with Gasteiger partial charge in [-0.25, -0.2) is 9.29 Å². The van der Waals surface area contributed by atoms with E-state index in [1.54, 1.807) is 12.1 Å². The van der Waals surface area contributed by atoms with E-state index in [1.165, 1.54) is 12.1 Å². The minimum absolute atomic E-state index is 0.0129.